The van der Waals surface area contributed by atoms with Gasteiger partial charge >= 0.3 is 0 Å². The first-order chi connectivity index (χ1) is 9.15. The molecule has 1 aromatic rings. The molecule has 1 saturated carbocycles. The van der Waals surface area contributed by atoms with Crippen LogP contribution in [0.1, 0.15) is 32.6 Å². The van der Waals surface area contributed by atoms with E-state index >= 15 is 0 Å². The fourth-order valence-corrected chi connectivity index (χ4v) is 2.60. The molecular weight excluding hydrogens is 260 g/mol. The third kappa shape index (κ3) is 4.22. The Morgan fingerprint density at radius 2 is 2.11 bits per heavy atom. The van der Waals surface area contributed by atoms with Gasteiger partial charge in [0.15, 0.2) is 0 Å². The van der Waals surface area contributed by atoms with Crippen LogP contribution >= 0.6 is 11.6 Å². The van der Waals surface area contributed by atoms with Crippen molar-refractivity contribution in [1.29, 1.82) is 0 Å². The van der Waals surface area contributed by atoms with Crippen molar-refractivity contribution in [3.05, 3.63) is 29.3 Å². The topological polar surface area (TPSA) is 41.1 Å². The number of nitrogens with one attached hydrogen (secondary N) is 2. The van der Waals surface area contributed by atoms with Crippen molar-refractivity contribution < 1.29 is 4.79 Å². The van der Waals surface area contributed by atoms with Crippen molar-refractivity contribution in [2.24, 2.45) is 5.41 Å². The number of carbonyl (C=O) groups excluding carboxylic acids is 1. The zero-order valence-electron chi connectivity index (χ0n) is 11.3. The van der Waals surface area contributed by atoms with Crippen molar-refractivity contribution in [2.75, 3.05) is 18.4 Å². The highest BCUT2D eigenvalue weighted by Gasteiger charge is 2.40. The Labute approximate surface area is 119 Å². The third-order valence-corrected chi connectivity index (χ3v) is 4.00. The van der Waals surface area contributed by atoms with Gasteiger partial charge < -0.3 is 10.6 Å². The number of halogens is 1. The lowest BCUT2D eigenvalue weighted by atomic mass is 10.0. The van der Waals surface area contributed by atoms with Crippen LogP contribution in [0.4, 0.5) is 5.69 Å². The van der Waals surface area contributed by atoms with Gasteiger partial charge in [-0.25, -0.2) is 0 Å². The van der Waals surface area contributed by atoms with Crippen LogP contribution in [0, 0.1) is 5.41 Å². The monoisotopic (exact) mass is 280 g/mol. The van der Waals surface area contributed by atoms with Crippen LogP contribution in [0.15, 0.2) is 24.3 Å². The molecular formula is C15H21ClN2O. The van der Waals surface area contributed by atoms with Crippen LogP contribution in [-0.4, -0.2) is 19.0 Å². The molecule has 0 bridgehead atoms. The summed E-state index contributed by atoms with van der Waals surface area (Å²) >= 11 is 5.99. The predicted molar refractivity (Wildman–Crippen MR) is 79.5 cm³/mol. The molecule has 0 aliphatic heterocycles. The van der Waals surface area contributed by atoms with Crippen LogP contribution in [0.2, 0.25) is 5.02 Å². The number of para-hydroxylation sites is 1. The van der Waals surface area contributed by atoms with Gasteiger partial charge in [-0.05, 0) is 36.8 Å². The summed E-state index contributed by atoms with van der Waals surface area (Å²) in [5.41, 5.74) is 1.14. The number of anilines is 1. The largest absolute Gasteiger partial charge is 0.324 e. The highest BCUT2D eigenvalue weighted by atomic mass is 35.5. The standard InChI is InChI=1S/C15H21ClN2O/c1-2-7-15(8-9-15)11-17-10-14(19)18-13-6-4-3-5-12(13)16/h3-6,17H,2,7-11H2,1H3,(H,18,19). The molecule has 1 amide bonds. The summed E-state index contributed by atoms with van der Waals surface area (Å²) in [6.07, 6.45) is 5.06. The molecule has 1 aliphatic carbocycles. The zero-order chi connectivity index (χ0) is 13.7. The molecule has 1 fully saturated rings. The van der Waals surface area contributed by atoms with E-state index in [1.807, 2.05) is 12.1 Å². The van der Waals surface area contributed by atoms with Crippen LogP contribution in [0.5, 0.6) is 0 Å². The summed E-state index contributed by atoms with van der Waals surface area (Å²) in [5.74, 6) is -0.0413. The second-order valence-corrected chi connectivity index (χ2v) is 5.79. The average Bonchev–Trinajstić information content (AvgIpc) is 3.13. The summed E-state index contributed by atoms with van der Waals surface area (Å²) in [4.78, 5) is 11.8. The summed E-state index contributed by atoms with van der Waals surface area (Å²) in [6.45, 7) is 3.50. The number of amides is 1. The van der Waals surface area contributed by atoms with Crippen LogP contribution in [-0.2, 0) is 4.79 Å². The summed E-state index contributed by atoms with van der Waals surface area (Å²) in [7, 11) is 0. The number of hydrogen-bond donors (Lipinski definition) is 2. The van der Waals surface area contributed by atoms with Crippen molar-refractivity contribution in [2.45, 2.75) is 32.6 Å². The van der Waals surface area contributed by atoms with Gasteiger partial charge in [0, 0.05) is 6.54 Å². The van der Waals surface area contributed by atoms with E-state index in [-0.39, 0.29) is 5.91 Å². The van der Waals surface area contributed by atoms with Crippen molar-refractivity contribution in [3.63, 3.8) is 0 Å². The molecule has 0 saturated heterocycles. The normalized spacial score (nSPS) is 16.1. The van der Waals surface area contributed by atoms with Crippen LogP contribution < -0.4 is 10.6 Å². The van der Waals surface area contributed by atoms with Gasteiger partial charge in [0.25, 0.3) is 0 Å². The predicted octanol–water partition coefficient (Wildman–Crippen LogP) is 3.45. The molecule has 0 spiro atoms. The molecule has 4 heteroatoms. The fourth-order valence-electron chi connectivity index (χ4n) is 2.42. The first kappa shape index (κ1) is 14.4. The average molecular weight is 281 g/mol. The SMILES string of the molecule is CCCC1(CNCC(=O)Nc2ccccc2Cl)CC1. The van der Waals surface area contributed by atoms with Crippen molar-refractivity contribution >= 4 is 23.2 Å². The summed E-state index contributed by atoms with van der Waals surface area (Å²) in [6, 6.07) is 7.28. The Morgan fingerprint density at radius 3 is 2.74 bits per heavy atom. The number of benzene rings is 1. The van der Waals surface area contributed by atoms with E-state index in [9.17, 15) is 4.79 Å². The van der Waals surface area contributed by atoms with Gasteiger partial charge in [-0.2, -0.15) is 0 Å². The molecule has 2 rings (SSSR count). The van der Waals surface area contributed by atoms with E-state index in [4.69, 9.17) is 11.6 Å². The first-order valence-electron chi connectivity index (χ1n) is 6.90. The Morgan fingerprint density at radius 1 is 1.37 bits per heavy atom. The maximum absolute atomic E-state index is 11.8. The fraction of sp³-hybridized carbons (Fsp3) is 0.533. The lowest BCUT2D eigenvalue weighted by molar-refractivity contribution is -0.115. The molecule has 104 valence electrons. The number of rotatable bonds is 7. The minimum Gasteiger partial charge on any atom is -0.324 e. The second kappa shape index (κ2) is 6.40. The van der Waals surface area contributed by atoms with Gasteiger partial charge in [-0.1, -0.05) is 37.1 Å². The molecule has 0 radical (unpaired) electrons. The molecule has 19 heavy (non-hydrogen) atoms. The second-order valence-electron chi connectivity index (χ2n) is 5.38. The molecule has 3 nitrogen and oxygen atoms in total. The molecule has 1 aromatic carbocycles. The van der Waals surface area contributed by atoms with Crippen LogP contribution in [0.25, 0.3) is 0 Å². The van der Waals surface area contributed by atoms with E-state index in [1.54, 1.807) is 12.1 Å². The highest BCUT2D eigenvalue weighted by molar-refractivity contribution is 6.33. The Kier molecular flexibility index (Phi) is 4.83. The maximum atomic E-state index is 11.8. The lowest BCUT2D eigenvalue weighted by Crippen LogP contribution is -2.32. The Bertz CT molecular complexity index is 444. The van der Waals surface area contributed by atoms with E-state index in [2.05, 4.69) is 17.6 Å². The van der Waals surface area contributed by atoms with Gasteiger partial charge in [0.2, 0.25) is 5.91 Å². The first-order valence-corrected chi connectivity index (χ1v) is 7.28. The van der Waals surface area contributed by atoms with E-state index in [1.165, 1.54) is 25.7 Å². The summed E-state index contributed by atoms with van der Waals surface area (Å²) < 4.78 is 0. The van der Waals surface area contributed by atoms with Crippen molar-refractivity contribution in [1.82, 2.24) is 5.32 Å². The lowest BCUT2D eigenvalue weighted by Gasteiger charge is -2.14. The quantitative estimate of drug-likeness (QED) is 0.803. The van der Waals surface area contributed by atoms with E-state index in [0.717, 1.165) is 6.54 Å². The smallest absolute Gasteiger partial charge is 0.238 e. The van der Waals surface area contributed by atoms with E-state index < -0.39 is 0 Å². The van der Waals surface area contributed by atoms with Gasteiger partial charge in [0.1, 0.15) is 0 Å². The van der Waals surface area contributed by atoms with Gasteiger partial charge in [-0.15, -0.1) is 0 Å². The molecule has 1 aliphatic rings. The van der Waals surface area contributed by atoms with Gasteiger partial charge in [-0.3, -0.25) is 4.79 Å². The highest BCUT2D eigenvalue weighted by Crippen LogP contribution is 2.48. The molecule has 0 unspecified atom stereocenters. The summed E-state index contributed by atoms with van der Waals surface area (Å²) in [5, 5.41) is 6.64. The minimum absolute atomic E-state index is 0.0413. The number of carbonyl (C=O) groups is 1. The Hall–Kier alpha value is -1.06. The van der Waals surface area contributed by atoms with Gasteiger partial charge in [0.05, 0.1) is 17.3 Å². The Balaban J connectivity index is 1.72. The zero-order valence-corrected chi connectivity index (χ0v) is 12.1. The minimum atomic E-state index is -0.0413. The van der Waals surface area contributed by atoms with Crippen LogP contribution in [0.3, 0.4) is 0 Å². The molecule has 0 heterocycles. The molecule has 2 N–H and O–H groups in total. The maximum Gasteiger partial charge on any atom is 0.238 e. The molecule has 0 atom stereocenters. The third-order valence-electron chi connectivity index (χ3n) is 3.67. The number of hydrogen-bond acceptors (Lipinski definition) is 2. The molecule has 0 aromatic heterocycles. The van der Waals surface area contributed by atoms with Crippen molar-refractivity contribution in [3.8, 4) is 0 Å². The van der Waals surface area contributed by atoms with E-state index in [0.29, 0.717) is 22.7 Å².